The fourth-order valence-electron chi connectivity index (χ4n) is 3.66. The van der Waals surface area contributed by atoms with Gasteiger partial charge in [-0.15, -0.1) is 0 Å². The highest BCUT2D eigenvalue weighted by atomic mass is 16.1. The summed E-state index contributed by atoms with van der Waals surface area (Å²) in [5, 5.41) is 3.26. The van der Waals surface area contributed by atoms with Crippen molar-refractivity contribution >= 4 is 5.91 Å². The van der Waals surface area contributed by atoms with Crippen LogP contribution in [0, 0.1) is 5.92 Å². The highest BCUT2D eigenvalue weighted by Crippen LogP contribution is 2.40. The Morgan fingerprint density at radius 3 is 2.32 bits per heavy atom. The van der Waals surface area contributed by atoms with Crippen LogP contribution in [0.5, 0.6) is 0 Å². The summed E-state index contributed by atoms with van der Waals surface area (Å²) in [6, 6.07) is 0.643. The fraction of sp³-hybridized carbons (Fsp3) is 0.933. The molecule has 0 aromatic heterocycles. The molecule has 19 heavy (non-hydrogen) atoms. The molecule has 0 radical (unpaired) electrons. The van der Waals surface area contributed by atoms with E-state index in [0.717, 1.165) is 25.9 Å². The summed E-state index contributed by atoms with van der Waals surface area (Å²) in [5.41, 5.74) is 5.22. The molecule has 110 valence electrons. The number of likely N-dealkylation sites (N-methyl/N-ethyl adjacent to an activating group) is 2. The van der Waals surface area contributed by atoms with E-state index < -0.39 is 5.54 Å². The minimum Gasteiger partial charge on any atom is -0.368 e. The van der Waals surface area contributed by atoms with Crippen molar-refractivity contribution in [2.75, 3.05) is 20.1 Å². The number of primary amides is 1. The average molecular weight is 267 g/mol. The van der Waals surface area contributed by atoms with Crippen LogP contribution in [-0.2, 0) is 4.79 Å². The minimum atomic E-state index is -0.506. The second-order valence-corrected chi connectivity index (χ2v) is 6.21. The standard InChI is InChI=1S/C15H29N3O/c1-3-18(13-7-5-4-6-8-13)11-15(17-2,14(16)19)12-9-10-12/h12-13,17H,3-11H2,1-2H3,(H2,16,19). The van der Waals surface area contributed by atoms with Gasteiger partial charge in [0.2, 0.25) is 5.91 Å². The van der Waals surface area contributed by atoms with Crippen molar-refractivity contribution in [3.63, 3.8) is 0 Å². The zero-order chi connectivity index (χ0) is 13.9. The summed E-state index contributed by atoms with van der Waals surface area (Å²) in [6.45, 7) is 3.99. The Morgan fingerprint density at radius 2 is 1.89 bits per heavy atom. The minimum absolute atomic E-state index is 0.174. The van der Waals surface area contributed by atoms with E-state index in [1.807, 2.05) is 7.05 Å². The first-order chi connectivity index (χ1) is 9.14. The van der Waals surface area contributed by atoms with Gasteiger partial charge in [0.25, 0.3) is 0 Å². The average Bonchev–Trinajstić information content (AvgIpc) is 3.26. The van der Waals surface area contributed by atoms with Crippen molar-refractivity contribution in [3.05, 3.63) is 0 Å². The van der Waals surface area contributed by atoms with Crippen molar-refractivity contribution in [3.8, 4) is 0 Å². The second-order valence-electron chi connectivity index (χ2n) is 6.21. The lowest BCUT2D eigenvalue weighted by molar-refractivity contribution is -0.126. The van der Waals surface area contributed by atoms with Crippen LogP contribution in [0.25, 0.3) is 0 Å². The monoisotopic (exact) mass is 267 g/mol. The van der Waals surface area contributed by atoms with Gasteiger partial charge in [-0.05, 0) is 45.2 Å². The first-order valence-corrected chi connectivity index (χ1v) is 7.87. The molecule has 4 heteroatoms. The van der Waals surface area contributed by atoms with Gasteiger partial charge < -0.3 is 11.1 Å². The molecule has 2 saturated carbocycles. The third-order valence-electron chi connectivity index (χ3n) is 5.11. The van der Waals surface area contributed by atoms with Gasteiger partial charge in [-0.3, -0.25) is 9.69 Å². The van der Waals surface area contributed by atoms with E-state index >= 15 is 0 Å². The van der Waals surface area contributed by atoms with E-state index in [1.165, 1.54) is 32.1 Å². The number of carbonyl (C=O) groups is 1. The first-order valence-electron chi connectivity index (χ1n) is 7.87. The first kappa shape index (κ1) is 14.8. The second kappa shape index (κ2) is 6.23. The lowest BCUT2D eigenvalue weighted by atomic mass is 9.88. The Morgan fingerprint density at radius 1 is 1.26 bits per heavy atom. The van der Waals surface area contributed by atoms with Crippen LogP contribution in [0.2, 0.25) is 0 Å². The lowest BCUT2D eigenvalue weighted by Crippen LogP contribution is -2.63. The number of carbonyl (C=O) groups excluding carboxylic acids is 1. The molecule has 0 bridgehead atoms. The van der Waals surface area contributed by atoms with E-state index in [4.69, 9.17) is 5.73 Å². The predicted octanol–water partition coefficient (Wildman–Crippen LogP) is 1.49. The van der Waals surface area contributed by atoms with Crippen LogP contribution in [-0.4, -0.2) is 42.5 Å². The summed E-state index contributed by atoms with van der Waals surface area (Å²) in [6.07, 6.45) is 8.83. The largest absolute Gasteiger partial charge is 0.368 e. The Kier molecular flexibility index (Phi) is 4.85. The maximum atomic E-state index is 12.0. The van der Waals surface area contributed by atoms with Crippen LogP contribution >= 0.6 is 0 Å². The Bertz CT molecular complexity index is 311. The SMILES string of the molecule is CCN(CC(NC)(C(N)=O)C1CC1)C1CCCCC1. The number of hydrogen-bond acceptors (Lipinski definition) is 3. The highest BCUT2D eigenvalue weighted by Gasteiger charge is 2.50. The lowest BCUT2D eigenvalue weighted by Gasteiger charge is -2.41. The van der Waals surface area contributed by atoms with Gasteiger partial charge in [0.15, 0.2) is 0 Å². The van der Waals surface area contributed by atoms with Gasteiger partial charge in [0.05, 0.1) is 0 Å². The molecule has 1 unspecified atom stereocenters. The van der Waals surface area contributed by atoms with Crippen LogP contribution < -0.4 is 11.1 Å². The van der Waals surface area contributed by atoms with E-state index in [2.05, 4.69) is 17.1 Å². The summed E-state index contributed by atoms with van der Waals surface area (Å²) < 4.78 is 0. The number of nitrogens with zero attached hydrogens (tertiary/aromatic N) is 1. The van der Waals surface area contributed by atoms with Crippen molar-refractivity contribution < 1.29 is 4.79 Å². The number of amides is 1. The van der Waals surface area contributed by atoms with Gasteiger partial charge in [-0.2, -0.15) is 0 Å². The molecule has 3 N–H and O–H groups in total. The van der Waals surface area contributed by atoms with Crippen LogP contribution in [0.3, 0.4) is 0 Å². The molecule has 1 atom stereocenters. The molecule has 0 aromatic rings. The number of hydrogen-bond donors (Lipinski definition) is 2. The van der Waals surface area contributed by atoms with Crippen LogP contribution in [0.1, 0.15) is 51.9 Å². The van der Waals surface area contributed by atoms with E-state index in [1.54, 1.807) is 0 Å². The molecule has 2 rings (SSSR count). The van der Waals surface area contributed by atoms with E-state index in [-0.39, 0.29) is 5.91 Å². The number of nitrogens with one attached hydrogen (secondary N) is 1. The maximum absolute atomic E-state index is 12.0. The van der Waals surface area contributed by atoms with E-state index in [0.29, 0.717) is 12.0 Å². The Balaban J connectivity index is 2.07. The summed E-state index contributed by atoms with van der Waals surface area (Å²) in [5.74, 6) is 0.263. The molecule has 0 heterocycles. The molecule has 0 saturated heterocycles. The van der Waals surface area contributed by atoms with Gasteiger partial charge >= 0.3 is 0 Å². The van der Waals surface area contributed by atoms with Gasteiger partial charge in [0, 0.05) is 12.6 Å². The highest BCUT2D eigenvalue weighted by molar-refractivity contribution is 5.86. The summed E-state index contributed by atoms with van der Waals surface area (Å²) >= 11 is 0. The van der Waals surface area contributed by atoms with E-state index in [9.17, 15) is 4.79 Å². The van der Waals surface area contributed by atoms with Crippen molar-refractivity contribution in [2.45, 2.75) is 63.5 Å². The molecular formula is C15H29N3O. The molecule has 4 nitrogen and oxygen atoms in total. The van der Waals surface area contributed by atoms with Crippen LogP contribution in [0.15, 0.2) is 0 Å². The predicted molar refractivity (Wildman–Crippen MR) is 77.8 cm³/mol. The molecule has 0 aromatic carbocycles. The smallest absolute Gasteiger partial charge is 0.239 e. The summed E-state index contributed by atoms with van der Waals surface area (Å²) in [4.78, 5) is 14.5. The molecule has 0 spiro atoms. The van der Waals surface area contributed by atoms with Crippen LogP contribution in [0.4, 0.5) is 0 Å². The zero-order valence-corrected chi connectivity index (χ0v) is 12.5. The normalized spacial score (nSPS) is 24.4. The van der Waals surface area contributed by atoms with Gasteiger partial charge in [0.1, 0.15) is 5.54 Å². The Hall–Kier alpha value is -0.610. The van der Waals surface area contributed by atoms with Crippen molar-refractivity contribution in [1.82, 2.24) is 10.2 Å². The quantitative estimate of drug-likeness (QED) is 0.735. The van der Waals surface area contributed by atoms with Crippen molar-refractivity contribution in [2.24, 2.45) is 11.7 Å². The molecule has 1 amide bonds. The Labute approximate surface area is 117 Å². The number of nitrogens with two attached hydrogens (primary N) is 1. The fourth-order valence-corrected chi connectivity index (χ4v) is 3.66. The van der Waals surface area contributed by atoms with Gasteiger partial charge in [-0.1, -0.05) is 26.2 Å². The third-order valence-corrected chi connectivity index (χ3v) is 5.11. The number of rotatable bonds is 7. The summed E-state index contributed by atoms with van der Waals surface area (Å²) in [7, 11) is 1.89. The molecule has 2 aliphatic carbocycles. The molecule has 2 aliphatic rings. The van der Waals surface area contributed by atoms with Gasteiger partial charge in [-0.25, -0.2) is 0 Å². The topological polar surface area (TPSA) is 58.4 Å². The van der Waals surface area contributed by atoms with Crippen molar-refractivity contribution in [1.29, 1.82) is 0 Å². The molecular weight excluding hydrogens is 238 g/mol. The maximum Gasteiger partial charge on any atom is 0.239 e. The molecule has 0 aliphatic heterocycles. The molecule has 2 fully saturated rings. The zero-order valence-electron chi connectivity index (χ0n) is 12.5. The third kappa shape index (κ3) is 3.11.